The van der Waals surface area contributed by atoms with Crippen LogP contribution in [-0.4, -0.2) is 22.8 Å². The van der Waals surface area contributed by atoms with Gasteiger partial charge in [-0.05, 0) is 68.8 Å². The van der Waals surface area contributed by atoms with Gasteiger partial charge in [0.15, 0.2) is 0 Å². The van der Waals surface area contributed by atoms with Crippen molar-refractivity contribution in [3.63, 3.8) is 0 Å². The zero-order valence-corrected chi connectivity index (χ0v) is 13.2. The van der Waals surface area contributed by atoms with Gasteiger partial charge >= 0.3 is 5.97 Å². The van der Waals surface area contributed by atoms with Crippen molar-refractivity contribution in [3.8, 4) is 0 Å². The lowest BCUT2D eigenvalue weighted by atomic mass is 9.55. The fourth-order valence-corrected chi connectivity index (χ4v) is 4.11. The average molecular weight is 280 g/mol. The van der Waals surface area contributed by atoms with Gasteiger partial charge in [-0.2, -0.15) is 0 Å². The Morgan fingerprint density at radius 2 is 2.00 bits per heavy atom. The second-order valence-corrected chi connectivity index (χ2v) is 7.54. The number of hydrogen-bond donors (Lipinski definition) is 1. The highest BCUT2D eigenvalue weighted by Gasteiger charge is 2.48. The van der Waals surface area contributed by atoms with Crippen LogP contribution >= 0.6 is 0 Å². The van der Waals surface area contributed by atoms with Crippen molar-refractivity contribution in [2.24, 2.45) is 17.3 Å². The predicted molar refractivity (Wildman–Crippen MR) is 79.2 cm³/mol. The quantitative estimate of drug-likeness (QED) is 0.622. The summed E-state index contributed by atoms with van der Waals surface area (Å²) in [6.45, 7) is 11.8. The molecular formula is C17H28O3. The minimum Gasteiger partial charge on any atom is -0.458 e. The van der Waals surface area contributed by atoms with E-state index in [1.165, 1.54) is 6.92 Å². The van der Waals surface area contributed by atoms with Gasteiger partial charge in [0.2, 0.25) is 0 Å². The summed E-state index contributed by atoms with van der Waals surface area (Å²) in [7, 11) is 0. The molecule has 114 valence electrons. The van der Waals surface area contributed by atoms with Crippen LogP contribution in [0.3, 0.4) is 0 Å². The minimum absolute atomic E-state index is 0.133. The normalized spacial score (nSPS) is 38.2. The molecule has 1 N–H and O–H groups in total. The third-order valence-corrected chi connectivity index (χ3v) is 5.57. The molecule has 0 aromatic carbocycles. The number of esters is 1. The molecule has 0 amide bonds. The predicted octanol–water partition coefficient (Wildman–Crippen LogP) is 3.46. The fraction of sp³-hybridized carbons (Fsp3) is 0.824. The minimum atomic E-state index is -0.643. The van der Waals surface area contributed by atoms with Crippen molar-refractivity contribution in [1.82, 2.24) is 0 Å². The van der Waals surface area contributed by atoms with E-state index in [-0.39, 0.29) is 17.5 Å². The van der Waals surface area contributed by atoms with E-state index in [0.717, 1.165) is 37.7 Å². The van der Waals surface area contributed by atoms with E-state index in [0.29, 0.717) is 11.8 Å². The van der Waals surface area contributed by atoms with E-state index in [4.69, 9.17) is 4.74 Å². The van der Waals surface area contributed by atoms with Crippen molar-refractivity contribution in [3.05, 3.63) is 12.2 Å². The van der Waals surface area contributed by atoms with Crippen LogP contribution in [0.25, 0.3) is 0 Å². The smallest absolute Gasteiger partial charge is 0.303 e. The van der Waals surface area contributed by atoms with Crippen LogP contribution in [0.1, 0.15) is 59.8 Å². The zero-order valence-electron chi connectivity index (χ0n) is 13.2. The molecule has 0 saturated heterocycles. The van der Waals surface area contributed by atoms with E-state index in [2.05, 4.69) is 13.5 Å². The van der Waals surface area contributed by atoms with E-state index in [1.807, 2.05) is 13.8 Å². The topological polar surface area (TPSA) is 46.5 Å². The molecule has 0 aliphatic heterocycles. The number of fused-ring (bicyclic) bond motifs is 1. The number of ether oxygens (including phenoxy) is 1. The Labute approximate surface area is 122 Å². The maximum absolute atomic E-state index is 11.2. The first kappa shape index (κ1) is 15.6. The van der Waals surface area contributed by atoms with Gasteiger partial charge in [0, 0.05) is 6.92 Å². The van der Waals surface area contributed by atoms with Crippen LogP contribution < -0.4 is 0 Å². The summed E-state index contributed by atoms with van der Waals surface area (Å²) in [6.07, 6.45) is 4.98. The van der Waals surface area contributed by atoms with Gasteiger partial charge in [-0.15, -0.1) is 0 Å². The van der Waals surface area contributed by atoms with Crippen molar-refractivity contribution in [1.29, 1.82) is 0 Å². The lowest BCUT2D eigenvalue weighted by Gasteiger charge is -2.52. The van der Waals surface area contributed by atoms with Crippen LogP contribution in [0.4, 0.5) is 0 Å². The van der Waals surface area contributed by atoms with Crippen molar-refractivity contribution in [2.75, 3.05) is 0 Å². The Hall–Kier alpha value is -0.830. The molecule has 2 fully saturated rings. The third-order valence-electron chi connectivity index (χ3n) is 5.57. The fourth-order valence-electron chi connectivity index (χ4n) is 4.11. The molecular weight excluding hydrogens is 252 g/mol. The van der Waals surface area contributed by atoms with Gasteiger partial charge in [0.05, 0.1) is 5.60 Å². The number of carbonyl (C=O) groups is 1. The first-order chi connectivity index (χ1) is 9.13. The van der Waals surface area contributed by atoms with E-state index < -0.39 is 5.60 Å². The summed E-state index contributed by atoms with van der Waals surface area (Å²) in [4.78, 5) is 11.2. The van der Waals surface area contributed by atoms with Gasteiger partial charge in [-0.1, -0.05) is 13.5 Å². The third kappa shape index (κ3) is 2.93. The van der Waals surface area contributed by atoms with Crippen LogP contribution in [0.2, 0.25) is 0 Å². The maximum atomic E-state index is 11.2. The number of rotatable bonds is 2. The molecule has 2 rings (SSSR count). The highest BCUT2D eigenvalue weighted by atomic mass is 16.5. The highest BCUT2D eigenvalue weighted by molar-refractivity contribution is 5.66. The summed E-state index contributed by atoms with van der Waals surface area (Å²) >= 11 is 0. The zero-order chi connectivity index (χ0) is 15.1. The van der Waals surface area contributed by atoms with Crippen molar-refractivity contribution in [2.45, 2.75) is 71.5 Å². The molecule has 4 atom stereocenters. The molecule has 0 spiro atoms. The standard InChI is InChI=1S/C17H28O3/c1-11-14-10-13(16(3,4)19)6-8-17(14,5)9-7-15(11)20-12(2)18/h13-15,19H,1,6-10H2,2-5H3/t13-,14+,15-,17-/m0/s1. The Morgan fingerprint density at radius 3 is 2.55 bits per heavy atom. The lowest BCUT2D eigenvalue weighted by Crippen LogP contribution is -2.47. The monoisotopic (exact) mass is 280 g/mol. The van der Waals surface area contributed by atoms with E-state index >= 15 is 0 Å². The molecule has 2 saturated carbocycles. The van der Waals surface area contributed by atoms with Gasteiger partial charge in [-0.3, -0.25) is 4.79 Å². The SMILES string of the molecule is C=C1[C@@H](OC(C)=O)CC[C@]2(C)CC[C@H](C(C)(C)O)C[C@H]12. The molecule has 3 heteroatoms. The largest absolute Gasteiger partial charge is 0.458 e. The molecule has 0 unspecified atom stereocenters. The van der Waals surface area contributed by atoms with E-state index in [1.54, 1.807) is 0 Å². The van der Waals surface area contributed by atoms with Gasteiger partial charge in [-0.25, -0.2) is 0 Å². The Kier molecular flexibility index (Phi) is 4.03. The van der Waals surface area contributed by atoms with Crippen LogP contribution in [0.15, 0.2) is 12.2 Å². The Morgan fingerprint density at radius 1 is 1.40 bits per heavy atom. The van der Waals surface area contributed by atoms with Crippen LogP contribution in [0, 0.1) is 17.3 Å². The maximum Gasteiger partial charge on any atom is 0.303 e. The Bertz CT molecular complexity index is 407. The van der Waals surface area contributed by atoms with Gasteiger partial charge < -0.3 is 9.84 Å². The number of hydrogen-bond acceptors (Lipinski definition) is 3. The summed E-state index contributed by atoms with van der Waals surface area (Å²) < 4.78 is 5.42. The van der Waals surface area contributed by atoms with E-state index in [9.17, 15) is 9.90 Å². The molecule has 0 radical (unpaired) electrons. The van der Waals surface area contributed by atoms with Crippen molar-refractivity contribution < 1.29 is 14.6 Å². The molecule has 0 bridgehead atoms. The molecule has 3 nitrogen and oxygen atoms in total. The second-order valence-electron chi connectivity index (χ2n) is 7.54. The number of aliphatic hydroxyl groups is 1. The first-order valence-corrected chi connectivity index (χ1v) is 7.72. The molecule has 2 aliphatic carbocycles. The molecule has 0 aromatic rings. The van der Waals surface area contributed by atoms with Crippen LogP contribution in [0.5, 0.6) is 0 Å². The average Bonchev–Trinajstić information content (AvgIpc) is 2.31. The lowest BCUT2D eigenvalue weighted by molar-refractivity contribution is -0.148. The number of carbonyl (C=O) groups excluding carboxylic acids is 1. The molecule has 2 aliphatic rings. The summed E-state index contributed by atoms with van der Waals surface area (Å²) in [5, 5.41) is 10.3. The van der Waals surface area contributed by atoms with Crippen molar-refractivity contribution >= 4 is 5.97 Å². The molecule has 20 heavy (non-hydrogen) atoms. The van der Waals surface area contributed by atoms with Gasteiger partial charge in [0.25, 0.3) is 0 Å². The first-order valence-electron chi connectivity index (χ1n) is 7.72. The summed E-state index contributed by atoms with van der Waals surface area (Å²) in [5.41, 5.74) is 0.675. The summed E-state index contributed by atoms with van der Waals surface area (Å²) in [6, 6.07) is 0. The summed E-state index contributed by atoms with van der Waals surface area (Å²) in [5.74, 6) is 0.425. The molecule has 0 aromatic heterocycles. The highest BCUT2D eigenvalue weighted by Crippen LogP contribution is 2.55. The van der Waals surface area contributed by atoms with Crippen LogP contribution in [-0.2, 0) is 9.53 Å². The Balaban J connectivity index is 2.16. The van der Waals surface area contributed by atoms with Gasteiger partial charge in [0.1, 0.15) is 6.10 Å². The second kappa shape index (κ2) is 5.18. The molecule has 0 heterocycles.